The summed E-state index contributed by atoms with van der Waals surface area (Å²) >= 11 is 0. The van der Waals surface area contributed by atoms with Crippen molar-refractivity contribution >= 4 is 5.69 Å². The van der Waals surface area contributed by atoms with E-state index in [1.807, 2.05) is 0 Å². The molecule has 0 radical (unpaired) electrons. The van der Waals surface area contributed by atoms with Gasteiger partial charge in [0.2, 0.25) is 0 Å². The maximum absolute atomic E-state index is 6.05. The Morgan fingerprint density at radius 3 is 3.17 bits per heavy atom. The van der Waals surface area contributed by atoms with E-state index in [1.54, 1.807) is 7.11 Å². The molecule has 0 aromatic heterocycles. The van der Waals surface area contributed by atoms with Crippen molar-refractivity contribution in [3.8, 4) is 5.75 Å². The van der Waals surface area contributed by atoms with Gasteiger partial charge in [-0.15, -0.1) is 0 Å². The van der Waals surface area contributed by atoms with Gasteiger partial charge in [0.25, 0.3) is 0 Å². The molecule has 1 fully saturated rings. The van der Waals surface area contributed by atoms with Gasteiger partial charge in [0.05, 0.1) is 24.9 Å². The molecule has 0 aliphatic carbocycles. The van der Waals surface area contributed by atoms with Gasteiger partial charge in [-0.1, -0.05) is 6.07 Å². The normalized spacial score (nSPS) is 20.9. The zero-order chi connectivity index (χ0) is 15.9. The number of piperidine rings is 1. The van der Waals surface area contributed by atoms with E-state index in [9.17, 15) is 0 Å². The fraction of sp³-hybridized carbons (Fsp3) is 0.667. The molecule has 1 atom stereocenters. The van der Waals surface area contributed by atoms with Crippen molar-refractivity contribution in [3.63, 3.8) is 0 Å². The van der Waals surface area contributed by atoms with Gasteiger partial charge in [-0.2, -0.15) is 0 Å². The zero-order valence-corrected chi connectivity index (χ0v) is 14.1. The van der Waals surface area contributed by atoms with Crippen LogP contribution in [0.25, 0.3) is 0 Å². The number of methoxy groups -OCH3 is 1. The highest BCUT2D eigenvalue weighted by molar-refractivity contribution is 5.61. The number of anilines is 1. The Balaban J connectivity index is 1.60. The minimum atomic E-state index is 0.342. The quantitative estimate of drug-likeness (QED) is 0.780. The Bertz CT molecular complexity index is 489. The highest BCUT2D eigenvalue weighted by Gasteiger charge is 2.19. The molecule has 0 spiro atoms. The van der Waals surface area contributed by atoms with E-state index < -0.39 is 0 Å². The van der Waals surface area contributed by atoms with Crippen LogP contribution in [0.1, 0.15) is 24.8 Å². The molecule has 1 aromatic rings. The summed E-state index contributed by atoms with van der Waals surface area (Å²) in [6.45, 7) is 6.25. The molecule has 128 valence electrons. The number of nitrogens with one attached hydrogen (secondary N) is 1. The molecule has 23 heavy (non-hydrogen) atoms. The van der Waals surface area contributed by atoms with Crippen LogP contribution in [0.2, 0.25) is 0 Å². The number of rotatable bonds is 7. The third kappa shape index (κ3) is 4.59. The molecule has 0 amide bonds. The Hall–Kier alpha value is -1.30. The van der Waals surface area contributed by atoms with Crippen molar-refractivity contribution in [1.82, 2.24) is 5.32 Å². The van der Waals surface area contributed by atoms with Gasteiger partial charge in [-0.3, -0.25) is 0 Å². The van der Waals surface area contributed by atoms with E-state index in [-0.39, 0.29) is 0 Å². The number of ether oxygens (including phenoxy) is 3. The van der Waals surface area contributed by atoms with Gasteiger partial charge in [-0.25, -0.2) is 0 Å². The third-order valence-corrected chi connectivity index (χ3v) is 4.50. The Kier molecular flexibility index (Phi) is 6.13. The minimum Gasteiger partial charge on any atom is -0.490 e. The molecule has 5 nitrogen and oxygen atoms in total. The monoisotopic (exact) mass is 320 g/mol. The van der Waals surface area contributed by atoms with Crippen LogP contribution in [-0.4, -0.2) is 52.6 Å². The summed E-state index contributed by atoms with van der Waals surface area (Å²) in [5.41, 5.74) is 2.41. The van der Waals surface area contributed by atoms with E-state index in [1.165, 1.54) is 17.7 Å². The topological polar surface area (TPSA) is 43.0 Å². The van der Waals surface area contributed by atoms with Crippen molar-refractivity contribution in [1.29, 1.82) is 0 Å². The maximum Gasteiger partial charge on any atom is 0.142 e. The van der Waals surface area contributed by atoms with Crippen LogP contribution in [0.5, 0.6) is 5.75 Å². The second kappa shape index (κ2) is 8.52. The maximum atomic E-state index is 6.05. The predicted octanol–water partition coefficient (Wildman–Crippen LogP) is 2.19. The lowest BCUT2D eigenvalue weighted by Gasteiger charge is -2.32. The predicted molar refractivity (Wildman–Crippen MR) is 91.3 cm³/mol. The van der Waals surface area contributed by atoms with Crippen LogP contribution in [0.3, 0.4) is 0 Å². The Labute approximate surface area is 138 Å². The van der Waals surface area contributed by atoms with Gasteiger partial charge >= 0.3 is 0 Å². The summed E-state index contributed by atoms with van der Waals surface area (Å²) < 4.78 is 17.0. The van der Waals surface area contributed by atoms with Gasteiger partial charge in [0.1, 0.15) is 12.4 Å². The van der Waals surface area contributed by atoms with E-state index in [4.69, 9.17) is 14.2 Å². The van der Waals surface area contributed by atoms with Crippen LogP contribution in [-0.2, 0) is 16.1 Å². The molecule has 2 heterocycles. The van der Waals surface area contributed by atoms with E-state index in [0.717, 1.165) is 58.0 Å². The molecule has 1 saturated heterocycles. The van der Waals surface area contributed by atoms with Gasteiger partial charge in [-0.05, 0) is 43.5 Å². The summed E-state index contributed by atoms with van der Waals surface area (Å²) in [6.07, 6.45) is 3.73. The van der Waals surface area contributed by atoms with Crippen LogP contribution in [0.15, 0.2) is 18.2 Å². The van der Waals surface area contributed by atoms with Crippen LogP contribution in [0.4, 0.5) is 5.69 Å². The largest absolute Gasteiger partial charge is 0.490 e. The lowest BCUT2D eigenvalue weighted by molar-refractivity contribution is 0.0253. The van der Waals surface area contributed by atoms with Crippen LogP contribution >= 0.6 is 0 Å². The smallest absolute Gasteiger partial charge is 0.142 e. The molecule has 1 N–H and O–H groups in total. The zero-order valence-electron chi connectivity index (χ0n) is 14.1. The first-order chi connectivity index (χ1) is 11.4. The minimum absolute atomic E-state index is 0.342. The summed E-state index contributed by atoms with van der Waals surface area (Å²) in [5, 5.41) is 3.39. The first kappa shape index (κ1) is 16.6. The molecule has 5 heteroatoms. The highest BCUT2D eigenvalue weighted by atomic mass is 16.5. The molecular weight excluding hydrogens is 292 g/mol. The number of fused-ring (bicyclic) bond motifs is 1. The third-order valence-electron chi connectivity index (χ3n) is 4.50. The summed E-state index contributed by atoms with van der Waals surface area (Å²) in [4.78, 5) is 2.39. The van der Waals surface area contributed by atoms with Crippen molar-refractivity contribution in [2.75, 3.05) is 51.4 Å². The molecule has 3 rings (SSSR count). The molecular formula is C18H28N2O3. The Morgan fingerprint density at radius 2 is 2.35 bits per heavy atom. The number of benzene rings is 1. The van der Waals surface area contributed by atoms with Crippen molar-refractivity contribution in [3.05, 3.63) is 23.8 Å². The van der Waals surface area contributed by atoms with Gasteiger partial charge in [0, 0.05) is 26.8 Å². The SMILES string of the molecule is COCCCN1CCOc2ccc(COC3CCCNC3)cc21. The molecule has 0 bridgehead atoms. The van der Waals surface area contributed by atoms with Gasteiger partial charge < -0.3 is 24.4 Å². The van der Waals surface area contributed by atoms with E-state index in [0.29, 0.717) is 12.7 Å². The van der Waals surface area contributed by atoms with Crippen LogP contribution < -0.4 is 15.0 Å². The molecule has 0 saturated carbocycles. The number of hydrogen-bond donors (Lipinski definition) is 1. The van der Waals surface area contributed by atoms with E-state index >= 15 is 0 Å². The average molecular weight is 320 g/mol. The lowest BCUT2D eigenvalue weighted by atomic mass is 10.1. The fourth-order valence-corrected chi connectivity index (χ4v) is 3.22. The van der Waals surface area contributed by atoms with Crippen molar-refractivity contribution in [2.24, 2.45) is 0 Å². The van der Waals surface area contributed by atoms with Gasteiger partial charge in [0.15, 0.2) is 0 Å². The van der Waals surface area contributed by atoms with Crippen molar-refractivity contribution < 1.29 is 14.2 Å². The average Bonchev–Trinajstić information content (AvgIpc) is 2.61. The number of hydrogen-bond acceptors (Lipinski definition) is 5. The second-order valence-electron chi connectivity index (χ2n) is 6.26. The van der Waals surface area contributed by atoms with Crippen molar-refractivity contribution in [2.45, 2.75) is 32.0 Å². The molecule has 1 aromatic carbocycles. The molecule has 2 aliphatic rings. The molecule has 1 unspecified atom stereocenters. The first-order valence-corrected chi connectivity index (χ1v) is 8.69. The fourth-order valence-electron chi connectivity index (χ4n) is 3.22. The molecule has 2 aliphatic heterocycles. The van der Waals surface area contributed by atoms with E-state index in [2.05, 4.69) is 28.4 Å². The summed E-state index contributed by atoms with van der Waals surface area (Å²) in [5.74, 6) is 0.983. The summed E-state index contributed by atoms with van der Waals surface area (Å²) in [7, 11) is 1.75. The van der Waals surface area contributed by atoms with Crippen LogP contribution in [0, 0.1) is 0 Å². The lowest BCUT2D eigenvalue weighted by Crippen LogP contribution is -2.35. The number of nitrogens with zero attached hydrogens (tertiary/aromatic N) is 1. The summed E-state index contributed by atoms with van der Waals surface area (Å²) in [6, 6.07) is 6.42. The highest BCUT2D eigenvalue weighted by Crippen LogP contribution is 2.33. The first-order valence-electron chi connectivity index (χ1n) is 8.69. The second-order valence-corrected chi connectivity index (χ2v) is 6.26. The standard InChI is InChI=1S/C18H28N2O3/c1-21-10-3-8-20-9-11-22-18-6-5-15(12-17(18)20)14-23-16-4-2-7-19-13-16/h5-6,12,16,19H,2-4,7-11,13-14H2,1H3. The Morgan fingerprint density at radius 1 is 1.39 bits per heavy atom.